The van der Waals surface area contributed by atoms with E-state index < -0.39 is 0 Å². The molecule has 1 aromatic carbocycles. The zero-order valence-electron chi connectivity index (χ0n) is 9.63. The van der Waals surface area contributed by atoms with Crippen molar-refractivity contribution in [1.82, 2.24) is 0 Å². The normalized spacial score (nSPS) is 13.9. The van der Waals surface area contributed by atoms with E-state index in [1.54, 1.807) is 12.1 Å². The molecule has 2 heteroatoms. The maximum Gasteiger partial charge on any atom is 0.115 e. The molecular weight excluding hydrogens is 208 g/mol. The van der Waals surface area contributed by atoms with Crippen molar-refractivity contribution in [2.75, 3.05) is 0 Å². The van der Waals surface area contributed by atoms with Gasteiger partial charge in [-0.2, -0.15) is 0 Å². The Kier molecular flexibility index (Phi) is 4.04. The van der Waals surface area contributed by atoms with Gasteiger partial charge in [0.15, 0.2) is 0 Å². The van der Waals surface area contributed by atoms with Crippen molar-refractivity contribution in [1.29, 1.82) is 0 Å². The lowest BCUT2D eigenvalue weighted by Crippen LogP contribution is -2.18. The lowest BCUT2D eigenvalue weighted by Gasteiger charge is -2.26. The Bertz CT molecular complexity index is 301. The lowest BCUT2D eigenvalue weighted by atomic mass is 9.82. The summed E-state index contributed by atoms with van der Waals surface area (Å²) >= 11 is 6.01. The van der Waals surface area contributed by atoms with Crippen LogP contribution in [0.4, 0.5) is 0 Å². The van der Waals surface area contributed by atoms with Crippen LogP contribution in [0.3, 0.4) is 0 Å². The van der Waals surface area contributed by atoms with Gasteiger partial charge in [-0.3, -0.25) is 0 Å². The first-order valence-corrected chi connectivity index (χ1v) is 5.75. The predicted octanol–water partition coefficient (Wildman–Crippen LogP) is 3.98. The number of phenols is 1. The molecule has 0 heterocycles. The standard InChI is InChI=1S/C13H19ClO/c1-10(14)8-13(2,3)9-11-4-6-12(15)7-5-11/h4-7,10,15H,8-9H2,1-3H3. The maximum absolute atomic E-state index is 9.18. The average molecular weight is 227 g/mol. The topological polar surface area (TPSA) is 20.2 Å². The number of benzene rings is 1. The zero-order valence-corrected chi connectivity index (χ0v) is 10.4. The fourth-order valence-corrected chi connectivity index (χ4v) is 2.42. The Morgan fingerprint density at radius 2 is 1.80 bits per heavy atom. The minimum absolute atomic E-state index is 0.206. The van der Waals surface area contributed by atoms with Gasteiger partial charge in [0.2, 0.25) is 0 Å². The van der Waals surface area contributed by atoms with E-state index in [2.05, 4.69) is 13.8 Å². The number of hydrogen-bond acceptors (Lipinski definition) is 1. The fourth-order valence-electron chi connectivity index (χ4n) is 2.00. The molecule has 1 N–H and O–H groups in total. The summed E-state index contributed by atoms with van der Waals surface area (Å²) in [4.78, 5) is 0. The molecule has 0 saturated heterocycles. The zero-order chi connectivity index (χ0) is 11.5. The van der Waals surface area contributed by atoms with Crippen LogP contribution in [-0.2, 0) is 6.42 Å². The molecule has 1 unspecified atom stereocenters. The van der Waals surface area contributed by atoms with Gasteiger partial charge < -0.3 is 5.11 Å². The molecule has 15 heavy (non-hydrogen) atoms. The monoisotopic (exact) mass is 226 g/mol. The summed E-state index contributed by atoms with van der Waals surface area (Å²) < 4.78 is 0. The van der Waals surface area contributed by atoms with E-state index in [0.29, 0.717) is 5.75 Å². The van der Waals surface area contributed by atoms with Gasteiger partial charge in [0.1, 0.15) is 5.75 Å². The van der Waals surface area contributed by atoms with Gasteiger partial charge in [0.05, 0.1) is 0 Å². The maximum atomic E-state index is 9.18. The van der Waals surface area contributed by atoms with Gasteiger partial charge >= 0.3 is 0 Å². The molecule has 0 spiro atoms. The molecule has 0 radical (unpaired) electrons. The number of hydrogen-bond donors (Lipinski definition) is 1. The van der Waals surface area contributed by atoms with Crippen molar-refractivity contribution < 1.29 is 5.11 Å². The van der Waals surface area contributed by atoms with E-state index in [4.69, 9.17) is 11.6 Å². The summed E-state index contributed by atoms with van der Waals surface area (Å²) in [6.07, 6.45) is 1.99. The second-order valence-electron chi connectivity index (χ2n) is 4.99. The fraction of sp³-hybridized carbons (Fsp3) is 0.538. The first kappa shape index (κ1) is 12.4. The summed E-state index contributed by atoms with van der Waals surface area (Å²) in [6, 6.07) is 7.40. The van der Waals surface area contributed by atoms with E-state index in [-0.39, 0.29) is 10.8 Å². The van der Waals surface area contributed by atoms with Crippen LogP contribution in [0.5, 0.6) is 5.75 Å². The minimum Gasteiger partial charge on any atom is -0.508 e. The Balaban J connectivity index is 2.64. The Hall–Kier alpha value is -0.690. The molecule has 0 aliphatic rings. The van der Waals surface area contributed by atoms with Crippen LogP contribution in [0.25, 0.3) is 0 Å². The van der Waals surface area contributed by atoms with E-state index in [1.165, 1.54) is 5.56 Å². The van der Waals surface area contributed by atoms with Crippen LogP contribution in [0.15, 0.2) is 24.3 Å². The molecule has 0 aromatic heterocycles. The largest absolute Gasteiger partial charge is 0.508 e. The number of aromatic hydroxyl groups is 1. The van der Waals surface area contributed by atoms with Gasteiger partial charge in [0, 0.05) is 5.38 Å². The molecule has 1 rings (SSSR count). The van der Waals surface area contributed by atoms with Crippen molar-refractivity contribution >= 4 is 11.6 Å². The molecule has 0 amide bonds. The summed E-state index contributed by atoms with van der Waals surface area (Å²) in [5, 5.41) is 9.38. The highest BCUT2D eigenvalue weighted by molar-refractivity contribution is 6.20. The Morgan fingerprint density at radius 1 is 1.27 bits per heavy atom. The smallest absolute Gasteiger partial charge is 0.115 e. The van der Waals surface area contributed by atoms with Crippen molar-refractivity contribution in [2.24, 2.45) is 5.41 Å². The molecule has 0 saturated carbocycles. The molecule has 84 valence electrons. The van der Waals surface area contributed by atoms with E-state index in [0.717, 1.165) is 12.8 Å². The van der Waals surface area contributed by atoms with E-state index >= 15 is 0 Å². The Morgan fingerprint density at radius 3 is 2.27 bits per heavy atom. The summed E-state index contributed by atoms with van der Waals surface area (Å²) in [5.41, 5.74) is 1.45. The van der Waals surface area contributed by atoms with Crippen LogP contribution in [0.2, 0.25) is 0 Å². The van der Waals surface area contributed by atoms with Crippen molar-refractivity contribution in [3.05, 3.63) is 29.8 Å². The molecular formula is C13H19ClO. The molecule has 0 bridgehead atoms. The van der Waals surface area contributed by atoms with Crippen LogP contribution in [-0.4, -0.2) is 10.5 Å². The third kappa shape index (κ3) is 4.57. The highest BCUT2D eigenvalue weighted by Crippen LogP contribution is 2.29. The van der Waals surface area contributed by atoms with Gasteiger partial charge in [0.25, 0.3) is 0 Å². The Labute approximate surface area is 97.1 Å². The quantitative estimate of drug-likeness (QED) is 0.771. The van der Waals surface area contributed by atoms with Gasteiger partial charge in [-0.25, -0.2) is 0 Å². The van der Waals surface area contributed by atoms with E-state index in [9.17, 15) is 5.11 Å². The van der Waals surface area contributed by atoms with Crippen LogP contribution < -0.4 is 0 Å². The average Bonchev–Trinajstić information content (AvgIpc) is 2.06. The third-order valence-electron chi connectivity index (χ3n) is 2.45. The molecule has 1 atom stereocenters. The predicted molar refractivity (Wildman–Crippen MR) is 65.5 cm³/mol. The number of phenolic OH excluding ortho intramolecular Hbond substituents is 1. The number of alkyl halides is 1. The molecule has 1 nitrogen and oxygen atoms in total. The van der Waals surface area contributed by atoms with Crippen LogP contribution in [0, 0.1) is 5.41 Å². The van der Waals surface area contributed by atoms with E-state index in [1.807, 2.05) is 19.1 Å². The number of rotatable bonds is 4. The van der Waals surface area contributed by atoms with Crippen LogP contribution >= 0.6 is 11.6 Å². The SMILES string of the molecule is CC(Cl)CC(C)(C)Cc1ccc(O)cc1. The second-order valence-corrected chi connectivity index (χ2v) is 5.74. The molecule has 1 aromatic rings. The molecule has 0 aliphatic heterocycles. The number of halogens is 1. The van der Waals surface area contributed by atoms with Gasteiger partial charge in [-0.15, -0.1) is 11.6 Å². The second kappa shape index (κ2) is 4.89. The highest BCUT2D eigenvalue weighted by atomic mass is 35.5. The minimum atomic E-state index is 0.206. The molecule has 0 aliphatic carbocycles. The lowest BCUT2D eigenvalue weighted by molar-refractivity contribution is 0.331. The first-order chi connectivity index (χ1) is 6.89. The van der Waals surface area contributed by atoms with Gasteiger partial charge in [-0.05, 0) is 42.9 Å². The third-order valence-corrected chi connectivity index (χ3v) is 2.61. The van der Waals surface area contributed by atoms with Crippen LogP contribution in [0.1, 0.15) is 32.8 Å². The van der Waals surface area contributed by atoms with Gasteiger partial charge in [-0.1, -0.05) is 26.0 Å². The first-order valence-electron chi connectivity index (χ1n) is 5.31. The summed E-state index contributed by atoms with van der Waals surface area (Å²) in [5.74, 6) is 0.322. The molecule has 0 fully saturated rings. The van der Waals surface area contributed by atoms with Crippen molar-refractivity contribution in [3.63, 3.8) is 0 Å². The summed E-state index contributed by atoms with van der Waals surface area (Å²) in [6.45, 7) is 6.47. The van der Waals surface area contributed by atoms with Crippen molar-refractivity contribution in [2.45, 2.75) is 39.0 Å². The summed E-state index contributed by atoms with van der Waals surface area (Å²) in [7, 11) is 0. The van der Waals surface area contributed by atoms with Crippen molar-refractivity contribution in [3.8, 4) is 5.75 Å². The highest BCUT2D eigenvalue weighted by Gasteiger charge is 2.20.